The highest BCUT2D eigenvalue weighted by Gasteiger charge is 2.48. The van der Waals surface area contributed by atoms with Crippen LogP contribution in [-0.4, -0.2) is 57.8 Å². The Balaban J connectivity index is 1.61. The molecule has 12 heteroatoms. The summed E-state index contributed by atoms with van der Waals surface area (Å²) in [6, 6.07) is 11.6. The van der Waals surface area contributed by atoms with Crippen LogP contribution in [0.5, 0.6) is 0 Å². The molecule has 0 bridgehead atoms. The number of rotatable bonds is 4. The summed E-state index contributed by atoms with van der Waals surface area (Å²) in [5.41, 5.74) is -4.31. The van der Waals surface area contributed by atoms with Gasteiger partial charge in [-0.25, -0.2) is 16.8 Å². The van der Waals surface area contributed by atoms with E-state index in [1.165, 1.54) is 33.5 Å². The summed E-state index contributed by atoms with van der Waals surface area (Å²) < 4.78 is 91.2. The maximum Gasteiger partial charge on any atom is 0.501 e. The van der Waals surface area contributed by atoms with Gasteiger partial charge in [0.1, 0.15) is 4.90 Å². The molecule has 0 saturated carbocycles. The Kier molecular flexibility index (Phi) is 5.87. The molecule has 0 N–H and O–H groups in total. The Labute approximate surface area is 189 Å². The highest BCUT2D eigenvalue weighted by Crippen LogP contribution is 2.36. The van der Waals surface area contributed by atoms with Crippen LogP contribution in [0.4, 0.5) is 18.9 Å². The van der Waals surface area contributed by atoms with Gasteiger partial charge in [0.2, 0.25) is 10.0 Å². The lowest BCUT2D eigenvalue weighted by Crippen LogP contribution is -2.49. The van der Waals surface area contributed by atoms with E-state index in [0.29, 0.717) is 10.9 Å². The van der Waals surface area contributed by atoms with Gasteiger partial charge in [0, 0.05) is 37.8 Å². The number of aryl methyl sites for hydroxylation is 1. The highest BCUT2D eigenvalue weighted by molar-refractivity contribution is 7.92. The molecule has 1 aromatic heterocycles. The van der Waals surface area contributed by atoms with Gasteiger partial charge in [-0.15, -0.1) is 0 Å². The summed E-state index contributed by atoms with van der Waals surface area (Å²) in [4.78, 5) is 4.93. The molecule has 2 heterocycles. The van der Waals surface area contributed by atoms with Crippen molar-refractivity contribution in [1.29, 1.82) is 0 Å². The van der Waals surface area contributed by atoms with Gasteiger partial charge in [0.05, 0.1) is 16.1 Å². The van der Waals surface area contributed by atoms with Crippen LogP contribution >= 0.6 is 0 Å². The Hall–Kier alpha value is -2.70. The van der Waals surface area contributed by atoms with E-state index in [4.69, 9.17) is 0 Å². The number of nitrogens with zero attached hydrogens (tertiary/aromatic N) is 3. The first-order valence-electron chi connectivity index (χ1n) is 9.94. The van der Waals surface area contributed by atoms with Crippen LogP contribution in [0, 0.1) is 6.92 Å². The number of sulfonamides is 1. The minimum absolute atomic E-state index is 0.0228. The number of aromatic nitrogens is 1. The van der Waals surface area contributed by atoms with Crippen molar-refractivity contribution in [3.63, 3.8) is 0 Å². The molecule has 33 heavy (non-hydrogen) atoms. The van der Waals surface area contributed by atoms with E-state index < -0.39 is 30.3 Å². The zero-order chi connectivity index (χ0) is 24.0. The number of fused-ring (bicyclic) bond motifs is 1. The van der Waals surface area contributed by atoms with Crippen molar-refractivity contribution in [1.82, 2.24) is 9.29 Å². The average molecular weight is 500 g/mol. The van der Waals surface area contributed by atoms with Crippen molar-refractivity contribution in [3.05, 3.63) is 60.3 Å². The van der Waals surface area contributed by atoms with Gasteiger partial charge < -0.3 is 4.90 Å². The number of alkyl halides is 3. The van der Waals surface area contributed by atoms with Gasteiger partial charge in [-0.05, 0) is 36.8 Å². The number of hydrogen-bond donors (Lipinski definition) is 0. The second-order valence-electron chi connectivity index (χ2n) is 7.65. The Morgan fingerprint density at radius 3 is 2.18 bits per heavy atom. The monoisotopic (exact) mass is 499 g/mol. The molecule has 3 aromatic rings. The molecule has 1 fully saturated rings. The minimum atomic E-state index is -5.55. The molecule has 4 rings (SSSR count). The standard InChI is InChI=1S/C21H20F3N3O4S2/c1-15-13-16-5-4-8-19(20(16)25-14-15)33(30,31)27-11-9-26(10-12-27)17-6-2-3-7-18(17)32(28,29)21(22,23)24/h2-8,13-14H,9-12H2,1H3. The number of hydrogen-bond acceptors (Lipinski definition) is 6. The third-order valence-corrected chi connectivity index (χ3v) is 8.93. The molecule has 7 nitrogen and oxygen atoms in total. The fourth-order valence-corrected chi connectivity index (χ4v) is 6.40. The first-order chi connectivity index (χ1) is 15.4. The smallest absolute Gasteiger partial charge is 0.368 e. The zero-order valence-corrected chi connectivity index (χ0v) is 19.1. The normalized spacial score (nSPS) is 16.3. The number of piperazine rings is 1. The van der Waals surface area contributed by atoms with E-state index in [9.17, 15) is 30.0 Å². The number of pyridine rings is 1. The lowest BCUT2D eigenvalue weighted by atomic mass is 10.2. The summed E-state index contributed by atoms with van der Waals surface area (Å²) >= 11 is 0. The summed E-state index contributed by atoms with van der Waals surface area (Å²) in [5.74, 6) is 0. The molecule has 1 saturated heterocycles. The van der Waals surface area contributed by atoms with Crippen molar-refractivity contribution in [2.45, 2.75) is 22.2 Å². The van der Waals surface area contributed by atoms with E-state index in [1.807, 2.05) is 13.0 Å². The van der Waals surface area contributed by atoms with E-state index >= 15 is 0 Å². The third-order valence-electron chi connectivity index (χ3n) is 5.47. The molecule has 0 atom stereocenters. The highest BCUT2D eigenvalue weighted by atomic mass is 32.2. The second-order valence-corrected chi connectivity index (χ2v) is 11.5. The number of sulfone groups is 1. The molecule has 1 aliphatic heterocycles. The summed E-state index contributed by atoms with van der Waals surface area (Å²) in [6.45, 7) is 1.86. The third kappa shape index (κ3) is 4.18. The predicted molar refractivity (Wildman–Crippen MR) is 117 cm³/mol. The fourth-order valence-electron chi connectivity index (χ4n) is 3.83. The van der Waals surface area contributed by atoms with Gasteiger partial charge >= 0.3 is 5.51 Å². The number of anilines is 1. The lowest BCUT2D eigenvalue weighted by molar-refractivity contribution is -0.0435. The maximum atomic E-state index is 13.3. The van der Waals surface area contributed by atoms with Crippen LogP contribution in [0.15, 0.2) is 64.5 Å². The molecule has 2 aromatic carbocycles. The molecular formula is C21H20F3N3O4S2. The van der Waals surface area contributed by atoms with Crippen LogP contribution in [0.3, 0.4) is 0 Å². The largest absolute Gasteiger partial charge is 0.501 e. The summed E-state index contributed by atoms with van der Waals surface area (Å²) in [5, 5.41) is 0.681. The molecule has 0 amide bonds. The van der Waals surface area contributed by atoms with E-state index in [-0.39, 0.29) is 36.8 Å². The molecule has 0 radical (unpaired) electrons. The van der Waals surface area contributed by atoms with Crippen molar-refractivity contribution in [2.24, 2.45) is 0 Å². The molecule has 0 aliphatic carbocycles. The number of benzene rings is 2. The number of halogens is 3. The van der Waals surface area contributed by atoms with Gasteiger partial charge in [-0.2, -0.15) is 17.5 Å². The number of para-hydroxylation sites is 2. The van der Waals surface area contributed by atoms with Crippen LogP contribution < -0.4 is 4.90 Å². The minimum Gasteiger partial charge on any atom is -0.368 e. The molecule has 0 unspecified atom stereocenters. The lowest BCUT2D eigenvalue weighted by Gasteiger charge is -2.36. The molecular weight excluding hydrogens is 479 g/mol. The van der Waals surface area contributed by atoms with Crippen LogP contribution in [0.2, 0.25) is 0 Å². The molecule has 0 spiro atoms. The van der Waals surface area contributed by atoms with E-state index in [2.05, 4.69) is 4.98 Å². The van der Waals surface area contributed by atoms with Crippen molar-refractivity contribution in [3.8, 4) is 0 Å². The fraction of sp³-hybridized carbons (Fsp3) is 0.286. The van der Waals surface area contributed by atoms with Crippen LogP contribution in [0.1, 0.15) is 5.56 Å². The SMILES string of the molecule is Cc1cnc2c(S(=O)(=O)N3CCN(c4ccccc4S(=O)(=O)C(F)(F)F)CC3)cccc2c1. The van der Waals surface area contributed by atoms with Gasteiger partial charge in [-0.3, -0.25) is 4.98 Å². The topological polar surface area (TPSA) is 87.7 Å². The predicted octanol–water partition coefficient (Wildman–Crippen LogP) is 3.35. The van der Waals surface area contributed by atoms with Crippen molar-refractivity contribution < 1.29 is 30.0 Å². The maximum absolute atomic E-state index is 13.3. The van der Waals surface area contributed by atoms with Gasteiger partial charge in [0.15, 0.2) is 0 Å². The van der Waals surface area contributed by atoms with E-state index in [0.717, 1.165) is 11.6 Å². The molecule has 1 aliphatic rings. The first-order valence-corrected chi connectivity index (χ1v) is 12.9. The second kappa shape index (κ2) is 8.26. The average Bonchev–Trinajstić information content (AvgIpc) is 2.77. The van der Waals surface area contributed by atoms with Crippen LogP contribution in [0.25, 0.3) is 10.9 Å². The van der Waals surface area contributed by atoms with Crippen molar-refractivity contribution >= 4 is 36.5 Å². The Morgan fingerprint density at radius 1 is 0.879 bits per heavy atom. The summed E-state index contributed by atoms with van der Waals surface area (Å²) in [7, 11) is -9.47. The Bertz CT molecular complexity index is 1420. The van der Waals surface area contributed by atoms with Crippen LogP contribution in [-0.2, 0) is 19.9 Å². The van der Waals surface area contributed by atoms with Crippen molar-refractivity contribution in [2.75, 3.05) is 31.1 Å². The first kappa shape index (κ1) is 23.5. The zero-order valence-electron chi connectivity index (χ0n) is 17.4. The van der Waals surface area contributed by atoms with Gasteiger partial charge in [-0.1, -0.05) is 24.3 Å². The molecule has 176 valence electrons. The van der Waals surface area contributed by atoms with Gasteiger partial charge in [0.25, 0.3) is 9.84 Å². The summed E-state index contributed by atoms with van der Waals surface area (Å²) in [6.07, 6.45) is 1.58. The quantitative estimate of drug-likeness (QED) is 0.547. The Morgan fingerprint density at radius 2 is 1.52 bits per heavy atom. The van der Waals surface area contributed by atoms with E-state index in [1.54, 1.807) is 18.3 Å².